The van der Waals surface area contributed by atoms with Gasteiger partial charge in [-0.15, -0.1) is 23.5 Å². The summed E-state index contributed by atoms with van der Waals surface area (Å²) in [6.07, 6.45) is -3.86. The number of carbonyl (C=O) groups excluding carboxylic acids is 1. The van der Waals surface area contributed by atoms with Gasteiger partial charge in [-0.2, -0.15) is 0 Å². The van der Waals surface area contributed by atoms with Crippen LogP contribution in [0.15, 0.2) is 34.1 Å². The standard InChI is InChI=1S/C36H54O6S2/c1-32(2,3)21-15-16-25(26(35(10,11)12)30(21)41-19-24-28(38)29(39)31(40)42-24)44-36(13,14)43-20-17-22(33(4,5)6)27(37)23(18-20)34(7,8)9/h15-18,24,28-29,37-39H,19H2,1-14H3/t24?,28-,29-/m1/s1. The fraction of sp³-hybridized carbons (Fsp3) is 0.639. The maximum atomic E-state index is 11.9. The Kier molecular flexibility index (Phi) is 10.3. The number of aliphatic hydroxyl groups excluding tert-OH is 2. The molecule has 2 aromatic rings. The van der Waals surface area contributed by atoms with Crippen LogP contribution in [0.25, 0.3) is 0 Å². The lowest BCUT2D eigenvalue weighted by molar-refractivity contribution is -0.148. The second-order valence-electron chi connectivity index (χ2n) is 16.5. The number of esters is 1. The van der Waals surface area contributed by atoms with Gasteiger partial charge in [0.2, 0.25) is 0 Å². The van der Waals surface area contributed by atoms with Crippen molar-refractivity contribution in [3.8, 4) is 11.5 Å². The van der Waals surface area contributed by atoms with Gasteiger partial charge in [0.05, 0.1) is 4.08 Å². The molecule has 0 radical (unpaired) electrons. The number of rotatable bonds is 7. The number of benzene rings is 2. The molecular weight excluding hydrogens is 593 g/mol. The number of aromatic hydroxyl groups is 1. The second kappa shape index (κ2) is 12.4. The van der Waals surface area contributed by atoms with E-state index in [-0.39, 0.29) is 32.3 Å². The van der Waals surface area contributed by atoms with E-state index in [2.05, 4.69) is 121 Å². The number of thioether (sulfide) groups is 2. The van der Waals surface area contributed by atoms with Crippen molar-refractivity contribution in [2.45, 2.75) is 151 Å². The number of aliphatic hydroxyl groups is 2. The Morgan fingerprint density at radius 1 is 0.750 bits per heavy atom. The molecule has 0 amide bonds. The van der Waals surface area contributed by atoms with Gasteiger partial charge in [-0.3, -0.25) is 0 Å². The smallest absolute Gasteiger partial charge is 0.338 e. The summed E-state index contributed by atoms with van der Waals surface area (Å²) in [7, 11) is 0. The minimum absolute atomic E-state index is 0.0684. The lowest BCUT2D eigenvalue weighted by atomic mass is 9.79. The minimum atomic E-state index is -1.56. The minimum Gasteiger partial charge on any atom is -0.507 e. The highest BCUT2D eigenvalue weighted by atomic mass is 32.2. The van der Waals surface area contributed by atoms with Crippen LogP contribution in [-0.2, 0) is 31.2 Å². The van der Waals surface area contributed by atoms with Gasteiger partial charge in [-0.25, -0.2) is 4.79 Å². The van der Waals surface area contributed by atoms with Gasteiger partial charge in [0.25, 0.3) is 0 Å². The van der Waals surface area contributed by atoms with E-state index in [1.54, 1.807) is 23.5 Å². The fourth-order valence-corrected chi connectivity index (χ4v) is 8.22. The Morgan fingerprint density at radius 3 is 1.66 bits per heavy atom. The molecule has 0 spiro atoms. The summed E-state index contributed by atoms with van der Waals surface area (Å²) in [5, 5.41) is 31.6. The number of hydrogen-bond donors (Lipinski definition) is 3. The highest BCUT2D eigenvalue weighted by molar-refractivity contribution is 8.18. The topological polar surface area (TPSA) is 96.2 Å². The molecule has 1 fully saturated rings. The van der Waals surface area contributed by atoms with Crippen LogP contribution in [-0.4, -0.2) is 50.3 Å². The van der Waals surface area contributed by atoms with Crippen LogP contribution in [0.4, 0.5) is 0 Å². The number of hydrogen-bond acceptors (Lipinski definition) is 8. The van der Waals surface area contributed by atoms with Gasteiger partial charge in [-0.1, -0.05) is 89.2 Å². The molecule has 0 bridgehead atoms. The zero-order valence-electron chi connectivity index (χ0n) is 29.1. The predicted octanol–water partition coefficient (Wildman–Crippen LogP) is 8.23. The molecule has 3 rings (SSSR count). The van der Waals surface area contributed by atoms with E-state index in [9.17, 15) is 20.1 Å². The largest absolute Gasteiger partial charge is 0.507 e. The lowest BCUT2D eigenvalue weighted by Gasteiger charge is -2.34. The Hall–Kier alpha value is -1.87. The molecule has 1 heterocycles. The van der Waals surface area contributed by atoms with Crippen molar-refractivity contribution in [1.29, 1.82) is 0 Å². The van der Waals surface area contributed by atoms with Gasteiger partial charge in [0.15, 0.2) is 12.2 Å². The molecular formula is C36H54O6S2. The molecule has 0 aliphatic carbocycles. The molecule has 6 nitrogen and oxygen atoms in total. The van der Waals surface area contributed by atoms with E-state index < -0.39 is 24.3 Å². The molecule has 3 N–H and O–H groups in total. The first-order chi connectivity index (χ1) is 19.7. The molecule has 8 heteroatoms. The first kappa shape index (κ1) is 36.6. The van der Waals surface area contributed by atoms with E-state index in [1.807, 2.05) is 0 Å². The number of phenols is 1. The van der Waals surface area contributed by atoms with Crippen LogP contribution in [0.2, 0.25) is 0 Å². The maximum absolute atomic E-state index is 11.9. The molecule has 1 aliphatic heterocycles. The second-order valence-corrected chi connectivity index (χ2v) is 20.1. The number of phenolic OH excluding ortho intramolecular Hbond substituents is 1. The molecule has 1 aliphatic rings. The zero-order chi connectivity index (χ0) is 33.8. The third-order valence-corrected chi connectivity index (χ3v) is 10.2. The summed E-state index contributed by atoms with van der Waals surface area (Å²) in [5.41, 5.74) is 2.95. The van der Waals surface area contributed by atoms with Crippen LogP contribution in [0, 0.1) is 0 Å². The predicted molar refractivity (Wildman–Crippen MR) is 183 cm³/mol. The first-order valence-electron chi connectivity index (χ1n) is 15.4. The fourth-order valence-electron chi connectivity index (χ4n) is 5.41. The Labute approximate surface area is 273 Å². The third kappa shape index (κ3) is 8.28. The Balaban J connectivity index is 2.08. The summed E-state index contributed by atoms with van der Waals surface area (Å²) in [6.45, 7) is 30.0. The van der Waals surface area contributed by atoms with Crippen LogP contribution in [0.3, 0.4) is 0 Å². The monoisotopic (exact) mass is 646 g/mol. The van der Waals surface area contributed by atoms with Crippen molar-refractivity contribution in [3.63, 3.8) is 0 Å². The molecule has 0 saturated carbocycles. The highest BCUT2D eigenvalue weighted by Crippen LogP contribution is 2.53. The molecule has 246 valence electrons. The molecule has 3 atom stereocenters. The van der Waals surface area contributed by atoms with Crippen molar-refractivity contribution >= 4 is 29.5 Å². The number of carbonyl (C=O) groups is 1. The summed E-state index contributed by atoms with van der Waals surface area (Å²) < 4.78 is 11.4. The van der Waals surface area contributed by atoms with Gasteiger partial charge in [-0.05, 0) is 59.3 Å². The van der Waals surface area contributed by atoms with Gasteiger partial charge in [0, 0.05) is 26.5 Å². The molecule has 44 heavy (non-hydrogen) atoms. The Morgan fingerprint density at radius 2 is 1.25 bits per heavy atom. The molecule has 1 saturated heterocycles. The SMILES string of the molecule is CC(C)(Sc1cc(C(C)(C)C)c(O)c(C(C)(C)C)c1)Sc1ccc(C(C)(C)C)c(OCC2OC(=O)[C@H](O)[C@@H]2O)c1C(C)(C)C. The van der Waals surface area contributed by atoms with E-state index in [0.29, 0.717) is 5.75 Å². The molecule has 2 aromatic carbocycles. The van der Waals surface area contributed by atoms with Crippen molar-refractivity contribution < 1.29 is 29.6 Å². The first-order valence-corrected chi connectivity index (χ1v) is 17.0. The van der Waals surface area contributed by atoms with Gasteiger partial charge >= 0.3 is 5.97 Å². The van der Waals surface area contributed by atoms with Crippen molar-refractivity contribution in [2.75, 3.05) is 6.61 Å². The van der Waals surface area contributed by atoms with Crippen molar-refractivity contribution in [1.82, 2.24) is 0 Å². The summed E-state index contributed by atoms with van der Waals surface area (Å²) in [6, 6.07) is 8.53. The summed E-state index contributed by atoms with van der Waals surface area (Å²) in [5.74, 6) is 0.259. The average Bonchev–Trinajstić information content (AvgIpc) is 3.06. The number of cyclic esters (lactones) is 1. The quantitative estimate of drug-likeness (QED) is 0.157. The van der Waals surface area contributed by atoms with Gasteiger partial charge < -0.3 is 24.8 Å². The normalized spacial score (nSPS) is 20.2. The third-order valence-electron chi connectivity index (χ3n) is 7.70. The van der Waals surface area contributed by atoms with Crippen LogP contribution >= 0.6 is 23.5 Å². The van der Waals surface area contributed by atoms with E-state index in [0.717, 1.165) is 37.8 Å². The zero-order valence-corrected chi connectivity index (χ0v) is 30.8. The highest BCUT2D eigenvalue weighted by Gasteiger charge is 2.43. The van der Waals surface area contributed by atoms with Crippen LogP contribution < -0.4 is 4.74 Å². The summed E-state index contributed by atoms with van der Waals surface area (Å²) >= 11 is 3.54. The van der Waals surface area contributed by atoms with Crippen molar-refractivity contribution in [2.24, 2.45) is 0 Å². The van der Waals surface area contributed by atoms with E-state index in [1.165, 1.54) is 0 Å². The molecule has 1 unspecified atom stereocenters. The maximum Gasteiger partial charge on any atom is 0.338 e. The average molecular weight is 647 g/mol. The lowest BCUT2D eigenvalue weighted by Crippen LogP contribution is -2.35. The molecule has 0 aromatic heterocycles. The van der Waals surface area contributed by atoms with E-state index >= 15 is 0 Å². The number of ether oxygens (including phenoxy) is 2. The summed E-state index contributed by atoms with van der Waals surface area (Å²) in [4.78, 5) is 14.1. The van der Waals surface area contributed by atoms with Crippen molar-refractivity contribution in [3.05, 3.63) is 46.5 Å². The van der Waals surface area contributed by atoms with Gasteiger partial charge in [0.1, 0.15) is 24.2 Å². The van der Waals surface area contributed by atoms with E-state index in [4.69, 9.17) is 9.47 Å². The Bertz CT molecular complexity index is 1330. The van der Waals surface area contributed by atoms with Crippen LogP contribution in [0.5, 0.6) is 11.5 Å². The van der Waals surface area contributed by atoms with Crippen LogP contribution in [0.1, 0.15) is 119 Å².